The van der Waals surface area contributed by atoms with E-state index in [0.717, 1.165) is 36.0 Å². The lowest BCUT2D eigenvalue weighted by Gasteiger charge is -2.34. The molecule has 8 nitrogen and oxygen atoms in total. The van der Waals surface area contributed by atoms with E-state index in [1.165, 1.54) is 0 Å². The molecule has 1 saturated heterocycles. The maximum Gasteiger partial charge on any atom is 0.270 e. The van der Waals surface area contributed by atoms with Gasteiger partial charge in [0.2, 0.25) is 0 Å². The van der Waals surface area contributed by atoms with Crippen LogP contribution in [0.5, 0.6) is 5.75 Å². The number of hydrogen-bond acceptors (Lipinski definition) is 5. The van der Waals surface area contributed by atoms with Crippen LogP contribution in [-0.2, 0) is 13.6 Å². The van der Waals surface area contributed by atoms with Crippen molar-refractivity contribution in [3.05, 3.63) is 60.4 Å². The number of aryl methyl sites for hydroxylation is 1. The molecule has 1 aliphatic heterocycles. The molecule has 1 aromatic carbocycles. The topological polar surface area (TPSA) is 68.4 Å². The Kier molecular flexibility index (Phi) is 5.12. The van der Waals surface area contributed by atoms with Crippen molar-refractivity contribution >= 4 is 5.91 Å². The van der Waals surface area contributed by atoms with Gasteiger partial charge in [0.25, 0.3) is 5.91 Å². The van der Waals surface area contributed by atoms with E-state index in [0.29, 0.717) is 19.6 Å². The van der Waals surface area contributed by atoms with E-state index in [2.05, 4.69) is 15.1 Å². The molecule has 0 aliphatic carbocycles. The van der Waals surface area contributed by atoms with Gasteiger partial charge in [-0.3, -0.25) is 14.3 Å². The zero-order chi connectivity index (χ0) is 19.5. The van der Waals surface area contributed by atoms with Gasteiger partial charge in [-0.1, -0.05) is 12.1 Å². The number of nitrogens with zero attached hydrogens (tertiary/aromatic N) is 6. The minimum atomic E-state index is 0.0874. The summed E-state index contributed by atoms with van der Waals surface area (Å²) in [6, 6.07) is 11.6. The summed E-state index contributed by atoms with van der Waals surface area (Å²) < 4.78 is 9.29. The SMILES string of the molecule is COc1ccccc1-n1cnnc1CN1CCN(C(=O)c2cccn2C)CC1. The highest BCUT2D eigenvalue weighted by Crippen LogP contribution is 2.23. The molecule has 1 fully saturated rings. The van der Waals surface area contributed by atoms with Gasteiger partial charge in [-0.25, -0.2) is 0 Å². The van der Waals surface area contributed by atoms with E-state index in [9.17, 15) is 4.79 Å². The third-order valence-electron chi connectivity index (χ3n) is 5.15. The van der Waals surface area contributed by atoms with Crippen LogP contribution in [0.1, 0.15) is 16.3 Å². The second kappa shape index (κ2) is 7.85. The maximum absolute atomic E-state index is 12.7. The number of aromatic nitrogens is 4. The second-order valence-corrected chi connectivity index (χ2v) is 6.86. The van der Waals surface area contributed by atoms with Crippen LogP contribution >= 0.6 is 0 Å². The Hall–Kier alpha value is -3.13. The molecule has 8 heteroatoms. The molecule has 0 bridgehead atoms. The Bertz CT molecular complexity index is 955. The Balaban J connectivity index is 1.42. The van der Waals surface area contributed by atoms with Crippen molar-refractivity contribution in [1.82, 2.24) is 29.1 Å². The van der Waals surface area contributed by atoms with E-state index < -0.39 is 0 Å². The average Bonchev–Trinajstić information content (AvgIpc) is 3.37. The molecule has 28 heavy (non-hydrogen) atoms. The van der Waals surface area contributed by atoms with E-state index in [1.807, 2.05) is 63.7 Å². The number of carbonyl (C=O) groups is 1. The lowest BCUT2D eigenvalue weighted by Crippen LogP contribution is -2.48. The molecular formula is C20H24N6O2. The third kappa shape index (κ3) is 3.50. The van der Waals surface area contributed by atoms with Gasteiger partial charge < -0.3 is 14.2 Å². The first-order chi connectivity index (χ1) is 13.7. The average molecular weight is 380 g/mol. The summed E-state index contributed by atoms with van der Waals surface area (Å²) in [7, 11) is 3.56. The van der Waals surface area contributed by atoms with E-state index >= 15 is 0 Å². The highest BCUT2D eigenvalue weighted by Gasteiger charge is 2.24. The molecule has 0 saturated carbocycles. The molecule has 0 radical (unpaired) electrons. The minimum Gasteiger partial charge on any atom is -0.495 e. The Morgan fingerprint density at radius 3 is 2.61 bits per heavy atom. The fourth-order valence-corrected chi connectivity index (χ4v) is 3.55. The van der Waals surface area contributed by atoms with E-state index in [4.69, 9.17) is 4.74 Å². The van der Waals surface area contributed by atoms with Crippen LogP contribution in [0.2, 0.25) is 0 Å². The number of benzene rings is 1. The summed E-state index contributed by atoms with van der Waals surface area (Å²) in [6.45, 7) is 3.67. The maximum atomic E-state index is 12.7. The molecule has 146 valence electrons. The van der Waals surface area contributed by atoms with Crippen molar-refractivity contribution < 1.29 is 9.53 Å². The standard InChI is InChI=1S/C20H24N6O2/c1-23-9-5-7-17(23)20(27)25-12-10-24(11-13-25)14-19-22-21-15-26(19)16-6-3-4-8-18(16)28-2/h3-9,15H,10-14H2,1-2H3. The van der Waals surface area contributed by atoms with Gasteiger partial charge in [0.15, 0.2) is 5.82 Å². The zero-order valence-electron chi connectivity index (χ0n) is 16.2. The van der Waals surface area contributed by atoms with Crippen LogP contribution in [0.25, 0.3) is 5.69 Å². The van der Waals surface area contributed by atoms with Crippen LogP contribution in [0.3, 0.4) is 0 Å². The molecule has 0 unspecified atom stereocenters. The molecule has 1 amide bonds. The lowest BCUT2D eigenvalue weighted by atomic mass is 10.2. The first kappa shape index (κ1) is 18.2. The summed E-state index contributed by atoms with van der Waals surface area (Å²) in [4.78, 5) is 16.9. The summed E-state index contributed by atoms with van der Waals surface area (Å²) in [5.74, 6) is 1.72. The number of rotatable bonds is 5. The summed E-state index contributed by atoms with van der Waals surface area (Å²) in [5, 5.41) is 8.39. The Morgan fingerprint density at radius 1 is 1.11 bits per heavy atom. The quantitative estimate of drug-likeness (QED) is 0.672. The Morgan fingerprint density at radius 2 is 1.89 bits per heavy atom. The lowest BCUT2D eigenvalue weighted by molar-refractivity contribution is 0.0615. The van der Waals surface area contributed by atoms with Crippen molar-refractivity contribution in [1.29, 1.82) is 0 Å². The van der Waals surface area contributed by atoms with Crippen molar-refractivity contribution in [3.8, 4) is 11.4 Å². The molecule has 1 aliphatic rings. The van der Waals surface area contributed by atoms with Crippen molar-refractivity contribution in [3.63, 3.8) is 0 Å². The van der Waals surface area contributed by atoms with Crippen LogP contribution in [0, 0.1) is 0 Å². The molecule has 3 heterocycles. The number of amides is 1. The van der Waals surface area contributed by atoms with Crippen molar-refractivity contribution in [2.45, 2.75) is 6.54 Å². The van der Waals surface area contributed by atoms with Crippen LogP contribution < -0.4 is 4.74 Å². The van der Waals surface area contributed by atoms with Gasteiger partial charge in [-0.05, 0) is 24.3 Å². The normalized spacial score (nSPS) is 15.0. The van der Waals surface area contributed by atoms with Gasteiger partial charge in [0, 0.05) is 39.4 Å². The molecule has 4 rings (SSSR count). The fraction of sp³-hybridized carbons (Fsp3) is 0.350. The van der Waals surface area contributed by atoms with Crippen LogP contribution in [-0.4, -0.2) is 68.3 Å². The van der Waals surface area contributed by atoms with Crippen LogP contribution in [0.15, 0.2) is 48.9 Å². The first-order valence-corrected chi connectivity index (χ1v) is 9.32. The molecule has 0 atom stereocenters. The van der Waals surface area contributed by atoms with Gasteiger partial charge in [0.05, 0.1) is 19.3 Å². The molecule has 0 N–H and O–H groups in total. The highest BCUT2D eigenvalue weighted by atomic mass is 16.5. The smallest absolute Gasteiger partial charge is 0.270 e. The number of carbonyl (C=O) groups excluding carboxylic acids is 1. The first-order valence-electron chi connectivity index (χ1n) is 9.32. The summed E-state index contributed by atoms with van der Waals surface area (Å²) in [5.41, 5.74) is 1.65. The number of ether oxygens (including phenoxy) is 1. The van der Waals surface area contributed by atoms with E-state index in [1.54, 1.807) is 13.4 Å². The number of hydrogen-bond donors (Lipinski definition) is 0. The predicted octanol–water partition coefficient (Wildman–Crippen LogP) is 1.57. The highest BCUT2D eigenvalue weighted by molar-refractivity contribution is 5.92. The van der Waals surface area contributed by atoms with Gasteiger partial charge in [-0.15, -0.1) is 10.2 Å². The predicted molar refractivity (Wildman–Crippen MR) is 105 cm³/mol. The monoisotopic (exact) mass is 380 g/mol. The van der Waals surface area contributed by atoms with Gasteiger partial charge >= 0.3 is 0 Å². The zero-order valence-corrected chi connectivity index (χ0v) is 16.2. The van der Waals surface area contributed by atoms with E-state index in [-0.39, 0.29) is 5.91 Å². The third-order valence-corrected chi connectivity index (χ3v) is 5.15. The fourth-order valence-electron chi connectivity index (χ4n) is 3.55. The van der Waals surface area contributed by atoms with Crippen LogP contribution in [0.4, 0.5) is 0 Å². The number of methoxy groups -OCH3 is 1. The molecule has 0 spiro atoms. The van der Waals surface area contributed by atoms with Gasteiger partial charge in [0.1, 0.15) is 17.8 Å². The molecule has 2 aromatic heterocycles. The van der Waals surface area contributed by atoms with Gasteiger partial charge in [-0.2, -0.15) is 0 Å². The second-order valence-electron chi connectivity index (χ2n) is 6.86. The summed E-state index contributed by atoms with van der Waals surface area (Å²) in [6.07, 6.45) is 3.61. The number of piperazine rings is 1. The number of para-hydroxylation sites is 2. The van der Waals surface area contributed by atoms with Crippen molar-refractivity contribution in [2.75, 3.05) is 33.3 Å². The van der Waals surface area contributed by atoms with Crippen molar-refractivity contribution in [2.24, 2.45) is 7.05 Å². The largest absolute Gasteiger partial charge is 0.495 e. The minimum absolute atomic E-state index is 0.0874. The molecule has 3 aromatic rings. The summed E-state index contributed by atoms with van der Waals surface area (Å²) >= 11 is 0. The Labute approximate surface area is 164 Å². The molecular weight excluding hydrogens is 356 g/mol.